The second-order valence-corrected chi connectivity index (χ2v) is 4.23. The highest BCUT2D eigenvalue weighted by Crippen LogP contribution is 2.21. The van der Waals surface area contributed by atoms with Crippen molar-refractivity contribution in [2.45, 2.75) is 44.2 Å². The van der Waals surface area contributed by atoms with Gasteiger partial charge in [0.1, 0.15) is 12.1 Å². The highest BCUT2D eigenvalue weighted by atomic mass is 16.5. The number of hydrogen-bond acceptors (Lipinski definition) is 4. The number of H-pyrrole nitrogens is 1. The van der Waals surface area contributed by atoms with Crippen LogP contribution in [0.25, 0.3) is 0 Å². The molecule has 16 heavy (non-hydrogen) atoms. The third-order valence-electron chi connectivity index (χ3n) is 2.88. The van der Waals surface area contributed by atoms with E-state index in [2.05, 4.69) is 9.97 Å². The van der Waals surface area contributed by atoms with Crippen molar-refractivity contribution >= 4 is 5.97 Å². The summed E-state index contributed by atoms with van der Waals surface area (Å²) in [5.74, 6) is -0.304. The third kappa shape index (κ3) is 2.82. The van der Waals surface area contributed by atoms with Gasteiger partial charge in [-0.2, -0.15) is 0 Å². The Morgan fingerprint density at radius 1 is 1.62 bits per heavy atom. The Bertz CT molecular complexity index is 331. The molecule has 0 amide bonds. The van der Waals surface area contributed by atoms with Gasteiger partial charge in [-0.1, -0.05) is 0 Å². The standard InChI is InChI=1S/C11H17N3O2/c12-10(5-8-6-13-7-14-8)11(15)16-9-3-1-2-4-9/h6-7,9-10H,1-5,12H2,(H,13,14)/t10-/m1/s1. The lowest BCUT2D eigenvalue weighted by molar-refractivity contribution is -0.150. The highest BCUT2D eigenvalue weighted by molar-refractivity contribution is 5.76. The number of carbonyl (C=O) groups excluding carboxylic acids is 1. The third-order valence-corrected chi connectivity index (χ3v) is 2.88. The van der Waals surface area contributed by atoms with Gasteiger partial charge in [0.2, 0.25) is 0 Å². The zero-order chi connectivity index (χ0) is 11.4. The molecule has 88 valence electrons. The van der Waals surface area contributed by atoms with Gasteiger partial charge in [-0.15, -0.1) is 0 Å². The molecule has 1 aromatic rings. The summed E-state index contributed by atoms with van der Waals surface area (Å²) in [5.41, 5.74) is 6.62. The number of nitrogens with zero attached hydrogens (tertiary/aromatic N) is 1. The van der Waals surface area contributed by atoms with E-state index in [0.29, 0.717) is 6.42 Å². The number of imidazole rings is 1. The molecule has 0 aromatic carbocycles. The lowest BCUT2D eigenvalue weighted by Gasteiger charge is -2.15. The molecule has 1 saturated carbocycles. The van der Waals surface area contributed by atoms with Gasteiger partial charge in [-0.3, -0.25) is 4.79 Å². The van der Waals surface area contributed by atoms with Gasteiger partial charge in [-0.25, -0.2) is 4.98 Å². The molecule has 0 spiro atoms. The lowest BCUT2D eigenvalue weighted by Crippen LogP contribution is -2.36. The first-order chi connectivity index (χ1) is 7.75. The Hall–Kier alpha value is -1.36. The molecule has 1 aliphatic carbocycles. The van der Waals surface area contributed by atoms with Crippen LogP contribution in [0.1, 0.15) is 31.4 Å². The average Bonchev–Trinajstić information content (AvgIpc) is 2.90. The molecule has 5 heteroatoms. The topological polar surface area (TPSA) is 81.0 Å². The van der Waals surface area contributed by atoms with Gasteiger partial charge in [0, 0.05) is 18.3 Å². The van der Waals surface area contributed by atoms with Crippen LogP contribution in [0.4, 0.5) is 0 Å². The second-order valence-electron chi connectivity index (χ2n) is 4.23. The highest BCUT2D eigenvalue weighted by Gasteiger charge is 2.23. The minimum atomic E-state index is -0.596. The molecule has 1 aromatic heterocycles. The van der Waals surface area contributed by atoms with Crippen molar-refractivity contribution in [1.29, 1.82) is 0 Å². The summed E-state index contributed by atoms with van der Waals surface area (Å²) >= 11 is 0. The fourth-order valence-corrected chi connectivity index (χ4v) is 1.97. The average molecular weight is 223 g/mol. The van der Waals surface area contributed by atoms with Crippen molar-refractivity contribution in [3.63, 3.8) is 0 Å². The van der Waals surface area contributed by atoms with E-state index in [1.807, 2.05) is 0 Å². The van der Waals surface area contributed by atoms with E-state index in [4.69, 9.17) is 10.5 Å². The predicted octanol–water partition coefficient (Wildman–Crippen LogP) is 0.765. The first-order valence-electron chi connectivity index (χ1n) is 5.69. The number of aromatic amines is 1. The maximum Gasteiger partial charge on any atom is 0.323 e. The fourth-order valence-electron chi connectivity index (χ4n) is 1.97. The van der Waals surface area contributed by atoms with E-state index >= 15 is 0 Å². The Labute approximate surface area is 94.4 Å². The smallest absolute Gasteiger partial charge is 0.323 e. The Morgan fingerprint density at radius 3 is 3.00 bits per heavy atom. The number of nitrogens with two attached hydrogens (primary N) is 1. The van der Waals surface area contributed by atoms with Crippen molar-refractivity contribution in [3.05, 3.63) is 18.2 Å². The molecule has 1 atom stereocenters. The van der Waals surface area contributed by atoms with Crippen molar-refractivity contribution in [2.75, 3.05) is 0 Å². The molecule has 1 heterocycles. The molecule has 0 saturated heterocycles. The summed E-state index contributed by atoms with van der Waals surface area (Å²) in [4.78, 5) is 18.4. The number of aromatic nitrogens is 2. The van der Waals surface area contributed by atoms with Crippen LogP contribution >= 0.6 is 0 Å². The van der Waals surface area contributed by atoms with Crippen LogP contribution in [-0.2, 0) is 16.0 Å². The maximum atomic E-state index is 11.6. The molecule has 1 fully saturated rings. The Balaban J connectivity index is 1.79. The molecular formula is C11H17N3O2. The van der Waals surface area contributed by atoms with Gasteiger partial charge >= 0.3 is 5.97 Å². The van der Waals surface area contributed by atoms with E-state index in [0.717, 1.165) is 31.4 Å². The number of carbonyl (C=O) groups is 1. The van der Waals surface area contributed by atoms with Crippen LogP contribution in [0.2, 0.25) is 0 Å². The molecule has 1 aliphatic rings. The molecule has 0 unspecified atom stereocenters. The largest absolute Gasteiger partial charge is 0.461 e. The summed E-state index contributed by atoms with van der Waals surface area (Å²) < 4.78 is 5.32. The van der Waals surface area contributed by atoms with Crippen LogP contribution in [0, 0.1) is 0 Å². The number of hydrogen-bond donors (Lipinski definition) is 2. The van der Waals surface area contributed by atoms with Gasteiger partial charge in [-0.05, 0) is 25.7 Å². The van der Waals surface area contributed by atoms with Gasteiger partial charge < -0.3 is 15.5 Å². The fraction of sp³-hybridized carbons (Fsp3) is 0.636. The molecular weight excluding hydrogens is 206 g/mol. The summed E-state index contributed by atoms with van der Waals surface area (Å²) in [6.07, 6.45) is 8.02. The van der Waals surface area contributed by atoms with Gasteiger partial charge in [0.05, 0.1) is 6.33 Å². The summed E-state index contributed by atoms with van der Waals surface area (Å²) in [7, 11) is 0. The minimum Gasteiger partial charge on any atom is -0.461 e. The summed E-state index contributed by atoms with van der Waals surface area (Å²) in [5, 5.41) is 0. The van der Waals surface area contributed by atoms with Crippen molar-refractivity contribution in [2.24, 2.45) is 5.73 Å². The van der Waals surface area contributed by atoms with E-state index in [9.17, 15) is 4.79 Å². The van der Waals surface area contributed by atoms with Crippen LogP contribution in [0.15, 0.2) is 12.5 Å². The van der Waals surface area contributed by atoms with Crippen molar-refractivity contribution < 1.29 is 9.53 Å². The number of rotatable bonds is 4. The van der Waals surface area contributed by atoms with Crippen LogP contribution in [0.3, 0.4) is 0 Å². The second kappa shape index (κ2) is 5.12. The molecule has 0 aliphatic heterocycles. The molecule has 2 rings (SSSR count). The SMILES string of the molecule is N[C@H](Cc1cnc[nH]1)C(=O)OC1CCCC1. The molecule has 0 bridgehead atoms. The first-order valence-corrected chi connectivity index (χ1v) is 5.69. The summed E-state index contributed by atoms with van der Waals surface area (Å²) in [6.45, 7) is 0. The van der Waals surface area contributed by atoms with Crippen molar-refractivity contribution in [1.82, 2.24) is 9.97 Å². The Kier molecular flexibility index (Phi) is 3.56. The van der Waals surface area contributed by atoms with E-state index in [1.165, 1.54) is 0 Å². The number of esters is 1. The zero-order valence-corrected chi connectivity index (χ0v) is 9.19. The van der Waals surface area contributed by atoms with Crippen LogP contribution in [0.5, 0.6) is 0 Å². The van der Waals surface area contributed by atoms with Gasteiger partial charge in [0.15, 0.2) is 0 Å². The Morgan fingerprint density at radius 2 is 2.38 bits per heavy atom. The molecule has 3 N–H and O–H groups in total. The van der Waals surface area contributed by atoms with E-state index in [-0.39, 0.29) is 12.1 Å². The van der Waals surface area contributed by atoms with Crippen LogP contribution in [-0.4, -0.2) is 28.1 Å². The van der Waals surface area contributed by atoms with E-state index < -0.39 is 6.04 Å². The maximum absolute atomic E-state index is 11.6. The molecule has 0 radical (unpaired) electrons. The molecule has 5 nitrogen and oxygen atoms in total. The lowest BCUT2D eigenvalue weighted by atomic mass is 10.2. The minimum absolute atomic E-state index is 0.0836. The monoisotopic (exact) mass is 223 g/mol. The quantitative estimate of drug-likeness (QED) is 0.738. The zero-order valence-electron chi connectivity index (χ0n) is 9.19. The number of nitrogens with one attached hydrogen (secondary N) is 1. The van der Waals surface area contributed by atoms with Crippen LogP contribution < -0.4 is 5.73 Å². The number of ether oxygens (including phenoxy) is 1. The summed E-state index contributed by atoms with van der Waals surface area (Å²) in [6, 6.07) is -0.596. The van der Waals surface area contributed by atoms with E-state index in [1.54, 1.807) is 12.5 Å². The van der Waals surface area contributed by atoms with Crippen molar-refractivity contribution in [3.8, 4) is 0 Å². The normalized spacial score (nSPS) is 18.6. The first kappa shape index (κ1) is 11.1. The predicted molar refractivity (Wildman–Crippen MR) is 58.6 cm³/mol. The van der Waals surface area contributed by atoms with Gasteiger partial charge in [0.25, 0.3) is 0 Å².